The molecular weight excluding hydrogens is 498 g/mol. The van der Waals surface area contributed by atoms with E-state index in [2.05, 4.69) is 10.0 Å². The van der Waals surface area contributed by atoms with Gasteiger partial charge in [0.05, 0.1) is 14.6 Å². The molecule has 1 aromatic heterocycles. The van der Waals surface area contributed by atoms with E-state index in [0.717, 1.165) is 0 Å². The van der Waals surface area contributed by atoms with Crippen molar-refractivity contribution in [3.05, 3.63) is 87.3 Å². The number of aromatic nitrogens is 1. The summed E-state index contributed by atoms with van der Waals surface area (Å²) < 4.78 is 43.4. The van der Waals surface area contributed by atoms with Crippen LogP contribution in [-0.4, -0.2) is 20.1 Å². The minimum Gasteiger partial charge on any atom is -0.348 e. The fourth-order valence-electron chi connectivity index (χ4n) is 4.00. The molecule has 0 fully saturated rings. The molecule has 1 atom stereocenters. The Morgan fingerprint density at radius 3 is 2.43 bits per heavy atom. The zero-order valence-corrected chi connectivity index (χ0v) is 21.7. The Balaban J connectivity index is 1.95. The summed E-state index contributed by atoms with van der Waals surface area (Å²) in [6, 6.07) is 12.0. The van der Waals surface area contributed by atoms with Gasteiger partial charge in [0.15, 0.2) is 6.19 Å². The van der Waals surface area contributed by atoms with E-state index in [4.69, 9.17) is 5.26 Å². The van der Waals surface area contributed by atoms with Crippen LogP contribution in [0.3, 0.4) is 0 Å². The first-order valence-electron chi connectivity index (χ1n) is 11.5. The second-order valence-electron chi connectivity index (χ2n) is 8.64. The van der Waals surface area contributed by atoms with Crippen LogP contribution < -0.4 is 15.5 Å². The van der Waals surface area contributed by atoms with Crippen LogP contribution in [0.4, 0.5) is 8.78 Å². The van der Waals surface area contributed by atoms with E-state index in [1.54, 1.807) is 54.9 Å². The number of hydrogen-bond donors (Lipinski definition) is 2. The van der Waals surface area contributed by atoms with Gasteiger partial charge in [-0.05, 0) is 62.4 Å². The highest BCUT2D eigenvalue weighted by atomic mass is 32.2. The van der Waals surface area contributed by atoms with Crippen molar-refractivity contribution in [3.8, 4) is 17.3 Å². The molecule has 2 aromatic carbocycles. The summed E-state index contributed by atoms with van der Waals surface area (Å²) in [5.74, 6) is -0.605. The monoisotopic (exact) mass is 526 g/mol. The lowest BCUT2D eigenvalue weighted by atomic mass is 9.98. The summed E-state index contributed by atoms with van der Waals surface area (Å²) in [7, 11) is -2.82. The molecular formula is C27H28F2N4O3S. The number of nitrogens with zero attached hydrogens (tertiary/aromatic N) is 2. The maximum Gasteiger partial charge on any atom is 0.263 e. The fourth-order valence-corrected chi connectivity index (χ4v) is 5.18. The maximum absolute atomic E-state index is 13.4. The highest BCUT2D eigenvalue weighted by Crippen LogP contribution is 2.27. The van der Waals surface area contributed by atoms with E-state index < -0.39 is 27.5 Å². The van der Waals surface area contributed by atoms with Crippen LogP contribution in [0, 0.1) is 18.4 Å². The Morgan fingerprint density at radius 2 is 1.86 bits per heavy atom. The molecule has 0 spiro atoms. The number of benzene rings is 2. The first kappa shape index (κ1) is 27.6. The van der Waals surface area contributed by atoms with Gasteiger partial charge in [0.1, 0.15) is 5.56 Å². The Labute approximate surface area is 214 Å². The lowest BCUT2D eigenvalue weighted by molar-refractivity contribution is 0.0949. The van der Waals surface area contributed by atoms with E-state index in [1.807, 2.05) is 13.8 Å². The minimum absolute atomic E-state index is 0.0903. The number of carbonyl (C=O) groups is 1. The molecule has 7 nitrogen and oxygen atoms in total. The average molecular weight is 527 g/mol. The lowest BCUT2D eigenvalue weighted by Crippen LogP contribution is -2.31. The second-order valence-corrected chi connectivity index (χ2v) is 11.0. The summed E-state index contributed by atoms with van der Waals surface area (Å²) in [6.45, 7) is 7.19. The van der Waals surface area contributed by atoms with Crippen LogP contribution >= 0.6 is 0 Å². The minimum atomic E-state index is -2.82. The van der Waals surface area contributed by atoms with Crippen LogP contribution in [0.1, 0.15) is 60.4 Å². The molecule has 10 heteroatoms. The van der Waals surface area contributed by atoms with Gasteiger partial charge in [-0.2, -0.15) is 5.26 Å². The molecule has 1 unspecified atom stereocenters. The fraction of sp³-hybridized carbons (Fsp3) is 0.259. The molecule has 37 heavy (non-hydrogen) atoms. The molecule has 0 radical (unpaired) electrons. The highest BCUT2D eigenvalue weighted by molar-refractivity contribution is 7.99. The van der Waals surface area contributed by atoms with E-state index in [-0.39, 0.29) is 29.3 Å². The molecule has 1 heterocycles. The van der Waals surface area contributed by atoms with Gasteiger partial charge in [-0.3, -0.25) is 9.59 Å². The van der Waals surface area contributed by atoms with E-state index >= 15 is 0 Å². The number of hydrogen-bond acceptors (Lipinski definition) is 4. The number of alkyl halides is 2. The van der Waals surface area contributed by atoms with Crippen LogP contribution in [0.15, 0.2) is 64.4 Å². The third-order valence-corrected chi connectivity index (χ3v) is 8.00. The average Bonchev–Trinajstić information content (AvgIpc) is 2.87. The zero-order valence-electron chi connectivity index (χ0n) is 20.9. The van der Waals surface area contributed by atoms with Crippen LogP contribution in [0.5, 0.6) is 0 Å². The van der Waals surface area contributed by atoms with Gasteiger partial charge in [-0.25, -0.2) is 17.7 Å². The van der Waals surface area contributed by atoms with Gasteiger partial charge >= 0.3 is 0 Å². The van der Waals surface area contributed by atoms with Crippen molar-refractivity contribution in [3.63, 3.8) is 0 Å². The molecule has 0 bridgehead atoms. The van der Waals surface area contributed by atoms with Crippen molar-refractivity contribution < 1.29 is 17.8 Å². The molecule has 0 saturated heterocycles. The van der Waals surface area contributed by atoms with Crippen molar-refractivity contribution in [1.29, 1.82) is 5.26 Å². The van der Waals surface area contributed by atoms with Crippen molar-refractivity contribution in [2.75, 3.05) is 0 Å². The molecule has 0 aliphatic heterocycles. The number of nitrogens with one attached hydrogen (secondary N) is 2. The van der Waals surface area contributed by atoms with Crippen molar-refractivity contribution in [2.45, 2.75) is 51.6 Å². The summed E-state index contributed by atoms with van der Waals surface area (Å²) in [5.41, 5.74) is 0.921. The van der Waals surface area contributed by atoms with Crippen LogP contribution in [0.2, 0.25) is 0 Å². The topological polar surface area (TPSA) is 104 Å². The van der Waals surface area contributed by atoms with Gasteiger partial charge in [-0.15, -0.1) is 0 Å². The van der Waals surface area contributed by atoms with Gasteiger partial charge in [0.25, 0.3) is 12.3 Å². The molecule has 2 N–H and O–H groups in total. The predicted molar refractivity (Wildman–Crippen MR) is 141 cm³/mol. The molecule has 0 saturated carbocycles. The molecule has 1 amide bonds. The van der Waals surface area contributed by atoms with Crippen molar-refractivity contribution >= 4 is 21.0 Å². The summed E-state index contributed by atoms with van der Waals surface area (Å²) in [5, 5.41) is 13.0. The third-order valence-electron chi connectivity index (χ3n) is 5.97. The van der Waals surface area contributed by atoms with E-state index in [1.165, 1.54) is 29.8 Å². The number of amides is 1. The Hall–Kier alpha value is -3.97. The third kappa shape index (κ3) is 5.89. The van der Waals surface area contributed by atoms with Crippen LogP contribution in [-0.2, 0) is 16.3 Å². The zero-order chi connectivity index (χ0) is 27.3. The summed E-state index contributed by atoms with van der Waals surface area (Å²) in [4.78, 5) is 26.9. The van der Waals surface area contributed by atoms with Gasteiger partial charge < -0.3 is 9.88 Å². The van der Waals surface area contributed by atoms with Crippen LogP contribution in [0.25, 0.3) is 11.1 Å². The first-order valence-corrected chi connectivity index (χ1v) is 13.1. The number of rotatable bonds is 8. The van der Waals surface area contributed by atoms with Gasteiger partial charge in [0, 0.05) is 35.6 Å². The SMILES string of the molecule is CC=S(=O)(NC#N)c1ccc(CNC(=O)c2cn(C(C)C)c(C)c(-c3cccc(C(F)F)c3)c2=O)cc1. The van der Waals surface area contributed by atoms with E-state index in [9.17, 15) is 22.6 Å². The molecule has 0 aliphatic rings. The molecule has 0 aliphatic carbocycles. The predicted octanol–water partition coefficient (Wildman–Crippen LogP) is 4.72. The van der Waals surface area contributed by atoms with Gasteiger partial charge in [-0.1, -0.05) is 30.3 Å². The molecule has 3 aromatic rings. The Kier molecular flexibility index (Phi) is 8.50. The smallest absolute Gasteiger partial charge is 0.263 e. The Bertz CT molecular complexity index is 1530. The number of halogens is 2. The van der Waals surface area contributed by atoms with E-state index in [0.29, 0.717) is 21.7 Å². The standard InChI is InChI=1S/C27H28F2N4O3S/c1-5-37(36,32-16-30)22-11-9-19(10-12-22)14-31-27(35)23-15-33(17(2)3)18(4)24(25(23)34)20-7-6-8-21(13-20)26(28)29/h5-13,15,17,26H,14H2,1-4H3,(H,31,35)(H,32,36). The second kappa shape index (κ2) is 11.4. The number of nitriles is 1. The molecule has 3 rings (SSSR count). The van der Waals surface area contributed by atoms with Crippen molar-refractivity contribution in [1.82, 2.24) is 14.6 Å². The first-order chi connectivity index (χ1) is 17.5. The Morgan fingerprint density at radius 1 is 1.19 bits per heavy atom. The number of carbonyl (C=O) groups excluding carboxylic acids is 1. The summed E-state index contributed by atoms with van der Waals surface area (Å²) >= 11 is 0. The molecule has 194 valence electrons. The quantitative estimate of drug-likeness (QED) is 0.252. The van der Waals surface area contributed by atoms with Crippen molar-refractivity contribution in [2.24, 2.45) is 0 Å². The lowest BCUT2D eigenvalue weighted by Gasteiger charge is -2.20. The normalized spacial score (nSPS) is 12.6. The summed E-state index contributed by atoms with van der Waals surface area (Å²) in [6.07, 6.45) is 0.492. The maximum atomic E-state index is 13.4. The largest absolute Gasteiger partial charge is 0.348 e. The van der Waals surface area contributed by atoms with Gasteiger partial charge in [0.2, 0.25) is 5.43 Å². The number of pyridine rings is 1. The highest BCUT2D eigenvalue weighted by Gasteiger charge is 2.21.